The van der Waals surface area contributed by atoms with Crippen LogP contribution in [0.3, 0.4) is 0 Å². The molecule has 1 aliphatic heterocycles. The minimum Gasteiger partial charge on any atom is -0.497 e. The van der Waals surface area contributed by atoms with Gasteiger partial charge in [0.05, 0.1) is 26.3 Å². The second-order valence-corrected chi connectivity index (χ2v) is 6.40. The van der Waals surface area contributed by atoms with Crippen LogP contribution in [0.15, 0.2) is 24.3 Å². The summed E-state index contributed by atoms with van der Waals surface area (Å²) in [6, 6.07) is 8.51. The van der Waals surface area contributed by atoms with Gasteiger partial charge in [-0.15, -0.1) is 5.10 Å². The molecule has 2 aromatic rings. The maximum atomic E-state index is 5.24. The Morgan fingerprint density at radius 2 is 1.81 bits per heavy atom. The van der Waals surface area contributed by atoms with Gasteiger partial charge in [-0.3, -0.25) is 4.90 Å². The van der Waals surface area contributed by atoms with Gasteiger partial charge < -0.3 is 14.4 Å². The quantitative estimate of drug-likeness (QED) is 0.708. The molecule has 2 heterocycles. The van der Waals surface area contributed by atoms with Crippen LogP contribution in [0, 0.1) is 0 Å². The smallest absolute Gasteiger partial charge is 0.168 e. The van der Waals surface area contributed by atoms with Crippen molar-refractivity contribution in [1.82, 2.24) is 25.1 Å². The lowest BCUT2D eigenvalue weighted by Gasteiger charge is -2.39. The molecule has 26 heavy (non-hydrogen) atoms. The molecule has 0 aliphatic carbocycles. The Kier molecular flexibility index (Phi) is 6.40. The highest BCUT2D eigenvalue weighted by molar-refractivity contribution is 5.49. The van der Waals surface area contributed by atoms with E-state index < -0.39 is 0 Å². The number of benzene rings is 1. The standard InChI is InChI=1S/C18H28N6O2/c1-4-17(18-19-20-21-24(18)13-14-25-2)23-11-9-22(10-12-23)15-5-7-16(26-3)8-6-15/h5-8,17H,4,9-14H2,1-3H3. The molecule has 0 N–H and O–H groups in total. The molecule has 8 nitrogen and oxygen atoms in total. The van der Waals surface area contributed by atoms with E-state index in [4.69, 9.17) is 9.47 Å². The number of piperazine rings is 1. The summed E-state index contributed by atoms with van der Waals surface area (Å²) in [6.07, 6.45) is 0.982. The zero-order chi connectivity index (χ0) is 18.4. The molecule has 1 atom stereocenters. The molecule has 1 aromatic heterocycles. The average Bonchev–Trinajstić information content (AvgIpc) is 3.16. The van der Waals surface area contributed by atoms with Crippen molar-refractivity contribution >= 4 is 5.69 Å². The predicted octanol–water partition coefficient (Wildman–Crippen LogP) is 1.60. The predicted molar refractivity (Wildman–Crippen MR) is 99.5 cm³/mol. The summed E-state index contributed by atoms with van der Waals surface area (Å²) < 4.78 is 12.3. The van der Waals surface area contributed by atoms with Crippen LogP contribution in [0.2, 0.25) is 0 Å². The molecule has 8 heteroatoms. The SMILES string of the molecule is CCC(c1nnnn1CCOC)N1CCN(c2ccc(OC)cc2)CC1. The molecule has 1 aromatic carbocycles. The fourth-order valence-electron chi connectivity index (χ4n) is 3.48. The van der Waals surface area contributed by atoms with E-state index in [2.05, 4.69) is 44.4 Å². The number of anilines is 1. The number of ether oxygens (including phenoxy) is 2. The second-order valence-electron chi connectivity index (χ2n) is 6.40. The molecule has 1 aliphatic rings. The molecule has 0 amide bonds. The normalized spacial score (nSPS) is 16.7. The minimum atomic E-state index is 0.236. The van der Waals surface area contributed by atoms with Crippen LogP contribution in [-0.2, 0) is 11.3 Å². The molecule has 3 rings (SSSR count). The Morgan fingerprint density at radius 3 is 2.42 bits per heavy atom. The van der Waals surface area contributed by atoms with Gasteiger partial charge in [-0.05, 0) is 41.1 Å². The monoisotopic (exact) mass is 360 g/mol. The van der Waals surface area contributed by atoms with E-state index in [1.54, 1.807) is 14.2 Å². The number of methoxy groups -OCH3 is 2. The minimum absolute atomic E-state index is 0.236. The summed E-state index contributed by atoms with van der Waals surface area (Å²) in [5.41, 5.74) is 1.24. The lowest BCUT2D eigenvalue weighted by Crippen LogP contribution is -2.48. The summed E-state index contributed by atoms with van der Waals surface area (Å²) in [6.45, 7) is 7.44. The molecular formula is C18H28N6O2. The van der Waals surface area contributed by atoms with Gasteiger partial charge in [0, 0.05) is 39.0 Å². The highest BCUT2D eigenvalue weighted by Crippen LogP contribution is 2.26. The van der Waals surface area contributed by atoms with Crippen LogP contribution in [-0.4, -0.2) is 72.1 Å². The fraction of sp³-hybridized carbons (Fsp3) is 0.611. The first-order chi connectivity index (χ1) is 12.8. The van der Waals surface area contributed by atoms with Crippen molar-refractivity contribution in [2.75, 3.05) is 51.9 Å². The first-order valence-corrected chi connectivity index (χ1v) is 9.14. The highest BCUT2D eigenvalue weighted by Gasteiger charge is 2.27. The van der Waals surface area contributed by atoms with E-state index in [1.807, 2.05) is 16.8 Å². The molecule has 142 valence electrons. The van der Waals surface area contributed by atoms with Crippen LogP contribution in [0.25, 0.3) is 0 Å². The van der Waals surface area contributed by atoms with Gasteiger partial charge in [-0.25, -0.2) is 4.68 Å². The van der Waals surface area contributed by atoms with Crippen molar-refractivity contribution in [3.63, 3.8) is 0 Å². The lowest BCUT2D eigenvalue weighted by atomic mass is 10.1. The van der Waals surface area contributed by atoms with Crippen LogP contribution >= 0.6 is 0 Å². The molecule has 0 radical (unpaired) electrons. The van der Waals surface area contributed by atoms with Crippen LogP contribution in [0.5, 0.6) is 5.75 Å². The van der Waals surface area contributed by atoms with Gasteiger partial charge in [0.25, 0.3) is 0 Å². The Labute approximate surface area is 154 Å². The number of hydrogen-bond donors (Lipinski definition) is 0. The van der Waals surface area contributed by atoms with Crippen molar-refractivity contribution in [1.29, 1.82) is 0 Å². The Balaban J connectivity index is 1.63. The topological polar surface area (TPSA) is 68.5 Å². The maximum Gasteiger partial charge on any atom is 0.168 e. The number of aromatic nitrogens is 4. The molecule has 0 spiro atoms. The van der Waals surface area contributed by atoms with Gasteiger partial charge in [0.2, 0.25) is 0 Å². The average molecular weight is 360 g/mol. The summed E-state index contributed by atoms with van der Waals surface area (Å²) in [5, 5.41) is 12.3. The third kappa shape index (κ3) is 4.13. The third-order valence-electron chi connectivity index (χ3n) is 4.94. The lowest BCUT2D eigenvalue weighted by molar-refractivity contribution is 0.157. The largest absolute Gasteiger partial charge is 0.497 e. The number of tetrazole rings is 1. The van der Waals surface area contributed by atoms with Crippen molar-refractivity contribution in [3.05, 3.63) is 30.1 Å². The van der Waals surface area contributed by atoms with Crippen molar-refractivity contribution in [2.24, 2.45) is 0 Å². The molecule has 0 saturated carbocycles. The van der Waals surface area contributed by atoms with E-state index in [1.165, 1.54) is 5.69 Å². The first kappa shape index (κ1) is 18.6. The Hall–Kier alpha value is -2.19. The van der Waals surface area contributed by atoms with Gasteiger partial charge in [0.15, 0.2) is 5.82 Å². The van der Waals surface area contributed by atoms with E-state index >= 15 is 0 Å². The summed E-state index contributed by atoms with van der Waals surface area (Å²) in [4.78, 5) is 4.89. The highest BCUT2D eigenvalue weighted by atomic mass is 16.5. The summed E-state index contributed by atoms with van der Waals surface area (Å²) in [5.74, 6) is 1.82. The van der Waals surface area contributed by atoms with E-state index in [0.29, 0.717) is 13.2 Å². The van der Waals surface area contributed by atoms with Gasteiger partial charge in [-0.2, -0.15) is 0 Å². The van der Waals surface area contributed by atoms with Gasteiger partial charge in [-0.1, -0.05) is 6.92 Å². The number of rotatable bonds is 8. The van der Waals surface area contributed by atoms with Crippen molar-refractivity contribution in [3.8, 4) is 5.75 Å². The first-order valence-electron chi connectivity index (χ1n) is 9.14. The molecule has 0 bridgehead atoms. The zero-order valence-electron chi connectivity index (χ0n) is 15.8. The van der Waals surface area contributed by atoms with E-state index in [9.17, 15) is 0 Å². The third-order valence-corrected chi connectivity index (χ3v) is 4.94. The van der Waals surface area contributed by atoms with Gasteiger partial charge in [0.1, 0.15) is 5.75 Å². The maximum absolute atomic E-state index is 5.24. The van der Waals surface area contributed by atoms with Crippen LogP contribution in [0.4, 0.5) is 5.69 Å². The molecular weight excluding hydrogens is 332 g/mol. The summed E-state index contributed by atoms with van der Waals surface area (Å²) in [7, 11) is 3.39. The molecule has 1 unspecified atom stereocenters. The molecule has 1 fully saturated rings. The van der Waals surface area contributed by atoms with Crippen molar-refractivity contribution in [2.45, 2.75) is 25.9 Å². The van der Waals surface area contributed by atoms with Crippen LogP contribution < -0.4 is 9.64 Å². The van der Waals surface area contributed by atoms with Gasteiger partial charge >= 0.3 is 0 Å². The number of hydrogen-bond acceptors (Lipinski definition) is 7. The Morgan fingerprint density at radius 1 is 1.08 bits per heavy atom. The number of nitrogens with zero attached hydrogens (tertiary/aromatic N) is 6. The Bertz CT molecular complexity index is 667. The van der Waals surface area contributed by atoms with Crippen molar-refractivity contribution < 1.29 is 9.47 Å². The fourth-order valence-corrected chi connectivity index (χ4v) is 3.48. The zero-order valence-corrected chi connectivity index (χ0v) is 15.8. The van der Waals surface area contributed by atoms with E-state index in [0.717, 1.165) is 44.2 Å². The second kappa shape index (κ2) is 8.95. The van der Waals surface area contributed by atoms with E-state index in [-0.39, 0.29) is 6.04 Å². The van der Waals surface area contributed by atoms with Crippen LogP contribution in [0.1, 0.15) is 25.2 Å². The molecule has 1 saturated heterocycles. The summed E-state index contributed by atoms with van der Waals surface area (Å²) >= 11 is 0.